The van der Waals surface area contributed by atoms with E-state index in [1.807, 2.05) is 6.92 Å². The lowest BCUT2D eigenvalue weighted by Crippen LogP contribution is -2.31. The Morgan fingerprint density at radius 2 is 2.58 bits per heavy atom. The number of thiocarbonyl (C=S) groups is 1. The van der Waals surface area contributed by atoms with Crippen LogP contribution in [0.1, 0.15) is 13.3 Å². The van der Waals surface area contributed by atoms with Crippen LogP contribution in [0.4, 0.5) is 0 Å². The molecule has 2 nitrogen and oxygen atoms in total. The van der Waals surface area contributed by atoms with Crippen LogP contribution in [0.3, 0.4) is 0 Å². The zero-order valence-corrected chi connectivity index (χ0v) is 8.13. The van der Waals surface area contributed by atoms with E-state index in [0.29, 0.717) is 0 Å². The molecule has 0 aromatic rings. The molecule has 1 aliphatic heterocycles. The summed E-state index contributed by atoms with van der Waals surface area (Å²) in [6.07, 6.45) is 3.16. The van der Waals surface area contributed by atoms with Crippen molar-refractivity contribution >= 4 is 17.2 Å². The Balaban J connectivity index is 2.65. The molecule has 1 heterocycles. The summed E-state index contributed by atoms with van der Waals surface area (Å²) < 4.78 is 0. The molecular formula is C9H14N2S. The van der Waals surface area contributed by atoms with Gasteiger partial charge in [-0.3, -0.25) is 0 Å². The van der Waals surface area contributed by atoms with Crippen molar-refractivity contribution < 1.29 is 0 Å². The van der Waals surface area contributed by atoms with Crippen LogP contribution in [-0.2, 0) is 0 Å². The second kappa shape index (κ2) is 4.26. The average molecular weight is 182 g/mol. The van der Waals surface area contributed by atoms with Gasteiger partial charge in [0, 0.05) is 24.4 Å². The van der Waals surface area contributed by atoms with Crippen molar-refractivity contribution in [2.24, 2.45) is 0 Å². The molecule has 0 unspecified atom stereocenters. The molecule has 0 aromatic carbocycles. The third kappa shape index (κ3) is 2.08. The Labute approximate surface area is 78.7 Å². The van der Waals surface area contributed by atoms with E-state index in [0.717, 1.165) is 35.8 Å². The van der Waals surface area contributed by atoms with Crippen LogP contribution in [0, 0.1) is 0 Å². The zero-order valence-electron chi connectivity index (χ0n) is 7.31. The number of hydrogen-bond acceptors (Lipinski definition) is 2. The lowest BCUT2D eigenvalue weighted by Gasteiger charge is -2.18. The van der Waals surface area contributed by atoms with Gasteiger partial charge >= 0.3 is 0 Å². The fourth-order valence-electron chi connectivity index (χ4n) is 1.16. The molecule has 12 heavy (non-hydrogen) atoms. The predicted molar refractivity (Wildman–Crippen MR) is 56.1 cm³/mol. The van der Waals surface area contributed by atoms with Gasteiger partial charge in [-0.1, -0.05) is 24.9 Å². The highest BCUT2D eigenvalue weighted by Crippen LogP contribution is 2.10. The second-order valence-corrected chi connectivity index (χ2v) is 3.08. The Morgan fingerprint density at radius 1 is 1.83 bits per heavy atom. The summed E-state index contributed by atoms with van der Waals surface area (Å²) >= 11 is 5.14. The molecule has 1 aliphatic rings. The van der Waals surface area contributed by atoms with Gasteiger partial charge in [0.25, 0.3) is 0 Å². The van der Waals surface area contributed by atoms with Gasteiger partial charge in [-0.05, 0) is 13.3 Å². The molecular weight excluding hydrogens is 168 g/mol. The molecule has 0 radical (unpaired) electrons. The minimum absolute atomic E-state index is 0.812. The molecule has 0 fully saturated rings. The van der Waals surface area contributed by atoms with Crippen LogP contribution in [0.25, 0.3) is 0 Å². The summed E-state index contributed by atoms with van der Waals surface area (Å²) in [7, 11) is 0. The quantitative estimate of drug-likeness (QED) is 0.644. The number of rotatable bonds is 3. The Bertz CT molecular complexity index is 231. The van der Waals surface area contributed by atoms with Crippen LogP contribution in [0.2, 0.25) is 0 Å². The second-order valence-electron chi connectivity index (χ2n) is 2.67. The topological polar surface area (TPSA) is 24.1 Å². The summed E-state index contributed by atoms with van der Waals surface area (Å²) in [5, 5.41) is 6.29. The van der Waals surface area contributed by atoms with Crippen LogP contribution in [0.5, 0.6) is 0 Å². The molecule has 0 aliphatic carbocycles. The molecule has 0 saturated carbocycles. The van der Waals surface area contributed by atoms with Crippen molar-refractivity contribution in [3.8, 4) is 0 Å². The largest absolute Gasteiger partial charge is 0.385 e. The van der Waals surface area contributed by atoms with Crippen molar-refractivity contribution in [2.45, 2.75) is 13.3 Å². The molecule has 66 valence electrons. The average Bonchev–Trinajstić information content (AvgIpc) is 2.05. The molecule has 0 aromatic heterocycles. The van der Waals surface area contributed by atoms with Gasteiger partial charge in [0.1, 0.15) is 4.99 Å². The molecule has 0 saturated heterocycles. The van der Waals surface area contributed by atoms with E-state index in [1.54, 1.807) is 0 Å². The number of hydrogen-bond donors (Lipinski definition) is 2. The van der Waals surface area contributed by atoms with Gasteiger partial charge in [0.05, 0.1) is 0 Å². The van der Waals surface area contributed by atoms with Gasteiger partial charge in [0.2, 0.25) is 0 Å². The van der Waals surface area contributed by atoms with Crippen molar-refractivity contribution in [3.63, 3.8) is 0 Å². The third-order valence-corrected chi connectivity index (χ3v) is 2.10. The Hall–Kier alpha value is -0.830. The van der Waals surface area contributed by atoms with Gasteiger partial charge in [0.15, 0.2) is 0 Å². The fraction of sp³-hybridized carbons (Fsp3) is 0.444. The summed E-state index contributed by atoms with van der Waals surface area (Å²) in [5.74, 6) is 0. The van der Waals surface area contributed by atoms with E-state index in [9.17, 15) is 0 Å². The first-order valence-corrected chi connectivity index (χ1v) is 4.58. The molecule has 3 heteroatoms. The highest BCUT2D eigenvalue weighted by molar-refractivity contribution is 7.80. The highest BCUT2D eigenvalue weighted by atomic mass is 32.1. The van der Waals surface area contributed by atoms with E-state index >= 15 is 0 Å². The maximum atomic E-state index is 5.14. The monoisotopic (exact) mass is 182 g/mol. The number of nitrogens with one attached hydrogen (secondary N) is 2. The molecule has 0 bridgehead atoms. The fourth-order valence-corrected chi connectivity index (χ4v) is 1.47. The van der Waals surface area contributed by atoms with E-state index in [-0.39, 0.29) is 0 Å². The van der Waals surface area contributed by atoms with Crippen molar-refractivity contribution in [2.75, 3.05) is 13.1 Å². The molecule has 2 N–H and O–H groups in total. The standard InChI is InChI=1S/C9H14N2S/c1-3-10-7(2)8-5-4-6-11-9(8)12/h5,10H,2-4,6H2,1H3,(H,11,12). The van der Waals surface area contributed by atoms with Crippen LogP contribution in [-0.4, -0.2) is 18.1 Å². The summed E-state index contributed by atoms with van der Waals surface area (Å²) in [6, 6.07) is 0. The Kier molecular flexibility index (Phi) is 3.29. The third-order valence-electron chi connectivity index (χ3n) is 1.74. The van der Waals surface area contributed by atoms with Gasteiger partial charge in [-0.15, -0.1) is 0 Å². The first-order chi connectivity index (χ1) is 5.75. The Morgan fingerprint density at radius 3 is 3.17 bits per heavy atom. The first-order valence-electron chi connectivity index (χ1n) is 4.17. The van der Waals surface area contributed by atoms with E-state index in [2.05, 4.69) is 23.3 Å². The summed E-state index contributed by atoms with van der Waals surface area (Å²) in [6.45, 7) is 7.79. The van der Waals surface area contributed by atoms with E-state index in [4.69, 9.17) is 12.2 Å². The van der Waals surface area contributed by atoms with Crippen LogP contribution >= 0.6 is 12.2 Å². The summed E-state index contributed by atoms with van der Waals surface area (Å²) in [4.78, 5) is 0.812. The maximum absolute atomic E-state index is 5.14. The highest BCUT2D eigenvalue weighted by Gasteiger charge is 2.10. The smallest absolute Gasteiger partial charge is 0.108 e. The van der Waals surface area contributed by atoms with E-state index in [1.165, 1.54) is 0 Å². The van der Waals surface area contributed by atoms with Crippen LogP contribution < -0.4 is 10.6 Å². The zero-order chi connectivity index (χ0) is 8.97. The first kappa shape index (κ1) is 9.26. The lowest BCUT2D eigenvalue weighted by molar-refractivity contribution is 0.838. The normalized spacial score (nSPS) is 16.4. The number of likely N-dealkylation sites (N-methyl/N-ethyl adjacent to an activating group) is 1. The molecule has 1 rings (SSSR count). The molecule has 0 atom stereocenters. The van der Waals surface area contributed by atoms with Crippen molar-refractivity contribution in [1.29, 1.82) is 0 Å². The van der Waals surface area contributed by atoms with Crippen molar-refractivity contribution in [1.82, 2.24) is 10.6 Å². The summed E-state index contributed by atoms with van der Waals surface area (Å²) in [5.41, 5.74) is 1.98. The van der Waals surface area contributed by atoms with Crippen LogP contribution in [0.15, 0.2) is 23.9 Å². The SMILES string of the molecule is C=C(NCC)C1=CCCNC1=S. The van der Waals surface area contributed by atoms with Gasteiger partial charge < -0.3 is 10.6 Å². The predicted octanol–water partition coefficient (Wildman–Crippen LogP) is 1.36. The molecule has 0 amide bonds. The lowest BCUT2D eigenvalue weighted by atomic mass is 10.1. The molecule has 0 spiro atoms. The van der Waals surface area contributed by atoms with E-state index < -0.39 is 0 Å². The van der Waals surface area contributed by atoms with Crippen molar-refractivity contribution in [3.05, 3.63) is 23.9 Å². The minimum atomic E-state index is 0.812. The van der Waals surface area contributed by atoms with Gasteiger partial charge in [-0.25, -0.2) is 0 Å². The van der Waals surface area contributed by atoms with Gasteiger partial charge in [-0.2, -0.15) is 0 Å². The maximum Gasteiger partial charge on any atom is 0.108 e. The minimum Gasteiger partial charge on any atom is -0.385 e.